The van der Waals surface area contributed by atoms with Gasteiger partial charge in [-0.05, 0) is 31.0 Å². The summed E-state index contributed by atoms with van der Waals surface area (Å²) in [5.74, 6) is 0.689. The Morgan fingerprint density at radius 2 is 1.98 bits per heavy atom. The monoisotopic (exact) mass is 693 g/mol. The van der Waals surface area contributed by atoms with Gasteiger partial charge in [0.2, 0.25) is 5.91 Å². The van der Waals surface area contributed by atoms with E-state index in [-0.39, 0.29) is 30.4 Å². The third kappa shape index (κ3) is 7.19. The van der Waals surface area contributed by atoms with Crippen LogP contribution in [0.1, 0.15) is 46.8 Å². The highest BCUT2D eigenvalue weighted by molar-refractivity contribution is 6.39. The molecule has 4 aromatic rings. The fourth-order valence-corrected chi connectivity index (χ4v) is 6.97. The van der Waals surface area contributed by atoms with E-state index in [2.05, 4.69) is 30.8 Å². The molecule has 3 N–H and O–H groups in total. The zero-order valence-corrected chi connectivity index (χ0v) is 28.4. The Kier molecular flexibility index (Phi) is 10.6. The molecule has 48 heavy (non-hydrogen) atoms. The van der Waals surface area contributed by atoms with Crippen LogP contribution in [0.3, 0.4) is 0 Å². The Bertz CT molecular complexity index is 1830. The van der Waals surface area contributed by atoms with Crippen molar-refractivity contribution in [3.63, 3.8) is 0 Å². The van der Waals surface area contributed by atoms with Crippen LogP contribution in [0, 0.1) is 0 Å². The lowest BCUT2D eigenvalue weighted by Gasteiger charge is -2.26. The number of halogens is 3. The number of alkyl halides is 1. The van der Waals surface area contributed by atoms with Crippen molar-refractivity contribution in [2.75, 3.05) is 38.7 Å². The molecule has 2 aliphatic heterocycles. The average molecular weight is 695 g/mol. The molecule has 2 aliphatic rings. The summed E-state index contributed by atoms with van der Waals surface area (Å²) in [6.45, 7) is 2.95. The Morgan fingerprint density at radius 1 is 1.15 bits per heavy atom. The van der Waals surface area contributed by atoms with Crippen LogP contribution < -0.4 is 20.7 Å². The molecule has 4 heterocycles. The summed E-state index contributed by atoms with van der Waals surface area (Å²) in [5.41, 5.74) is 5.86. The highest BCUT2D eigenvalue weighted by Crippen LogP contribution is 2.41. The number of imidazole rings is 1. The van der Waals surface area contributed by atoms with Crippen LogP contribution >= 0.6 is 23.2 Å². The van der Waals surface area contributed by atoms with Gasteiger partial charge in [0, 0.05) is 92.8 Å². The second-order valence-corrected chi connectivity index (χ2v) is 12.8. The standard InChI is InChI=1S/C35H38Cl2FN7O3/c1-44-28-12-16-45(15-4-13-38)20-27(28)42-34(44)35(47)43-26-6-3-5-24(31(26)36)25-11-14-40-33(32(25)37)21-7-8-22(29(17-21)48-2)18-39-19-23-9-10-30(46)41-23/h3,5-8,11,14,17,23,39H,4,9-10,12-13,15-16,18-20H2,1-2H3,(H,41,46)(H,43,47)/t23-/m0/s1. The number of hydrogen-bond donors (Lipinski definition) is 3. The summed E-state index contributed by atoms with van der Waals surface area (Å²) in [6, 6.07) is 13.1. The molecule has 0 unspecified atom stereocenters. The van der Waals surface area contributed by atoms with Gasteiger partial charge in [-0.1, -0.05) is 47.5 Å². The highest BCUT2D eigenvalue weighted by atomic mass is 35.5. The Hall–Kier alpha value is -4.03. The number of carbonyl (C=O) groups excluding carboxylic acids is 2. The molecule has 2 aromatic carbocycles. The van der Waals surface area contributed by atoms with Crippen molar-refractivity contribution in [3.8, 4) is 28.1 Å². The van der Waals surface area contributed by atoms with Crippen LogP contribution in [-0.2, 0) is 31.4 Å². The lowest BCUT2D eigenvalue weighted by molar-refractivity contribution is -0.119. The SMILES string of the molecule is COc1cc(-c2nccc(-c3cccc(NC(=O)c4nc5c(n4C)CCN(CCCF)C5)c3Cl)c2Cl)ccc1CNC[C@@H]1CCC(=O)N1. The van der Waals surface area contributed by atoms with Crippen molar-refractivity contribution in [2.45, 2.75) is 44.8 Å². The molecule has 13 heteroatoms. The zero-order chi connectivity index (χ0) is 33.8. The summed E-state index contributed by atoms with van der Waals surface area (Å²) in [5, 5.41) is 10.0. The van der Waals surface area contributed by atoms with E-state index in [1.54, 1.807) is 31.5 Å². The Labute approximate surface area is 289 Å². The van der Waals surface area contributed by atoms with Crippen molar-refractivity contribution in [3.05, 3.63) is 81.5 Å². The molecule has 2 aromatic heterocycles. The fraction of sp³-hybridized carbons (Fsp3) is 0.371. The average Bonchev–Trinajstić information content (AvgIpc) is 3.66. The number of aromatic nitrogens is 3. The number of benzene rings is 2. The minimum absolute atomic E-state index is 0.0936. The second kappa shape index (κ2) is 15.0. The summed E-state index contributed by atoms with van der Waals surface area (Å²) in [4.78, 5) is 36.3. The molecule has 0 radical (unpaired) electrons. The number of amides is 2. The zero-order valence-electron chi connectivity index (χ0n) is 26.9. The number of fused-ring (bicyclic) bond motifs is 1. The van der Waals surface area contributed by atoms with Gasteiger partial charge in [0.25, 0.3) is 5.91 Å². The first-order valence-corrected chi connectivity index (χ1v) is 16.8. The smallest absolute Gasteiger partial charge is 0.291 e. The Balaban J connectivity index is 1.19. The van der Waals surface area contributed by atoms with E-state index >= 15 is 0 Å². The van der Waals surface area contributed by atoms with E-state index in [4.69, 9.17) is 27.9 Å². The first kappa shape index (κ1) is 33.9. The Morgan fingerprint density at radius 3 is 2.75 bits per heavy atom. The number of nitrogens with one attached hydrogen (secondary N) is 3. The number of ether oxygens (including phenoxy) is 1. The van der Waals surface area contributed by atoms with Gasteiger partial charge < -0.3 is 25.3 Å². The number of hydrogen-bond acceptors (Lipinski definition) is 7. The third-order valence-corrected chi connectivity index (χ3v) is 9.71. The van der Waals surface area contributed by atoms with Gasteiger partial charge >= 0.3 is 0 Å². The van der Waals surface area contributed by atoms with Gasteiger partial charge in [0.15, 0.2) is 5.82 Å². The molecule has 10 nitrogen and oxygen atoms in total. The molecule has 0 bridgehead atoms. The van der Waals surface area contributed by atoms with Crippen LogP contribution in [0.5, 0.6) is 5.75 Å². The molecule has 252 valence electrons. The van der Waals surface area contributed by atoms with Crippen LogP contribution in [0.25, 0.3) is 22.4 Å². The molecule has 2 amide bonds. The van der Waals surface area contributed by atoms with Crippen molar-refractivity contribution >= 4 is 40.7 Å². The first-order valence-electron chi connectivity index (χ1n) is 16.0. The largest absolute Gasteiger partial charge is 0.496 e. The first-order chi connectivity index (χ1) is 23.3. The van der Waals surface area contributed by atoms with Crippen LogP contribution in [0.15, 0.2) is 48.7 Å². The molecular weight excluding hydrogens is 656 g/mol. The van der Waals surface area contributed by atoms with Crippen molar-refractivity contribution in [1.82, 2.24) is 30.1 Å². The van der Waals surface area contributed by atoms with Gasteiger partial charge in [-0.25, -0.2) is 4.98 Å². The second-order valence-electron chi connectivity index (χ2n) is 12.1. The maximum absolute atomic E-state index is 13.5. The van der Waals surface area contributed by atoms with Crippen molar-refractivity contribution < 1.29 is 18.7 Å². The number of anilines is 1. The van der Waals surface area contributed by atoms with E-state index in [1.165, 1.54) is 0 Å². The lowest BCUT2D eigenvalue weighted by Crippen LogP contribution is -2.35. The highest BCUT2D eigenvalue weighted by Gasteiger charge is 2.26. The van der Waals surface area contributed by atoms with E-state index in [0.29, 0.717) is 77.3 Å². The van der Waals surface area contributed by atoms with Gasteiger partial charge in [-0.15, -0.1) is 0 Å². The van der Waals surface area contributed by atoms with E-state index in [1.807, 2.05) is 35.9 Å². The van der Waals surface area contributed by atoms with Crippen LogP contribution in [0.4, 0.5) is 10.1 Å². The summed E-state index contributed by atoms with van der Waals surface area (Å²) in [7, 11) is 3.46. The normalized spacial score (nSPS) is 16.1. The van der Waals surface area contributed by atoms with Gasteiger partial charge in [0.05, 0.1) is 40.9 Å². The topological polar surface area (TPSA) is 113 Å². The molecule has 1 fully saturated rings. The number of methoxy groups -OCH3 is 1. The van der Waals surface area contributed by atoms with Gasteiger partial charge in [-0.2, -0.15) is 0 Å². The predicted octanol–water partition coefficient (Wildman–Crippen LogP) is 5.80. The van der Waals surface area contributed by atoms with Crippen molar-refractivity contribution in [1.29, 1.82) is 0 Å². The van der Waals surface area contributed by atoms with Gasteiger partial charge in [0.1, 0.15) is 5.75 Å². The predicted molar refractivity (Wildman–Crippen MR) is 185 cm³/mol. The molecule has 1 atom stereocenters. The van der Waals surface area contributed by atoms with Gasteiger partial charge in [-0.3, -0.25) is 23.9 Å². The lowest BCUT2D eigenvalue weighted by atomic mass is 10.0. The van der Waals surface area contributed by atoms with Crippen LogP contribution in [-0.4, -0.2) is 70.7 Å². The number of pyridine rings is 1. The minimum atomic E-state index is -0.377. The molecule has 6 rings (SSSR count). The third-order valence-electron chi connectivity index (χ3n) is 8.92. The molecule has 1 saturated heterocycles. The summed E-state index contributed by atoms with van der Waals surface area (Å²) < 4.78 is 20.2. The van der Waals surface area contributed by atoms with E-state index in [9.17, 15) is 14.0 Å². The number of carbonyl (C=O) groups is 2. The van der Waals surface area contributed by atoms with E-state index in [0.717, 1.165) is 41.9 Å². The number of nitrogens with zero attached hydrogens (tertiary/aromatic N) is 4. The van der Waals surface area contributed by atoms with Crippen LogP contribution in [0.2, 0.25) is 10.0 Å². The molecule has 0 aliphatic carbocycles. The fourth-order valence-electron chi connectivity index (χ4n) is 6.38. The van der Waals surface area contributed by atoms with Crippen molar-refractivity contribution in [2.24, 2.45) is 7.05 Å². The molecular formula is C35H38Cl2FN7O3. The summed E-state index contributed by atoms with van der Waals surface area (Å²) >= 11 is 13.9. The summed E-state index contributed by atoms with van der Waals surface area (Å²) in [6.07, 6.45) is 4.29. The maximum Gasteiger partial charge on any atom is 0.291 e. The maximum atomic E-state index is 13.5. The van der Waals surface area contributed by atoms with E-state index < -0.39 is 0 Å². The quantitative estimate of drug-likeness (QED) is 0.172. The molecule has 0 saturated carbocycles. The minimum Gasteiger partial charge on any atom is -0.496 e. The molecule has 0 spiro atoms. The number of rotatable bonds is 12.